The van der Waals surface area contributed by atoms with E-state index in [0.717, 1.165) is 31.7 Å². The van der Waals surface area contributed by atoms with Gasteiger partial charge in [-0.3, -0.25) is 4.79 Å². The van der Waals surface area contributed by atoms with E-state index in [0.29, 0.717) is 0 Å². The van der Waals surface area contributed by atoms with Crippen molar-refractivity contribution < 1.29 is 4.79 Å². The van der Waals surface area contributed by atoms with Crippen LogP contribution in [0.1, 0.15) is 16.8 Å². The van der Waals surface area contributed by atoms with Crippen molar-refractivity contribution >= 4 is 39.8 Å². The van der Waals surface area contributed by atoms with Crippen molar-refractivity contribution in [2.75, 3.05) is 5.32 Å². The third-order valence-electron chi connectivity index (χ3n) is 3.47. The minimum atomic E-state index is -0.0514. The molecule has 22 heavy (non-hydrogen) atoms. The van der Waals surface area contributed by atoms with Gasteiger partial charge in [0.1, 0.15) is 5.65 Å². The van der Waals surface area contributed by atoms with Crippen molar-refractivity contribution in [1.82, 2.24) is 9.38 Å². The fraction of sp³-hybridized carbons (Fsp3) is 0.176. The molecule has 0 saturated heterocycles. The number of anilines is 1. The van der Waals surface area contributed by atoms with Gasteiger partial charge >= 0.3 is 0 Å². The SMILES string of the molecule is Cc1ccn2cc(CC(=O)Nc3ccc(I)cc3C)nc2c1. The van der Waals surface area contributed by atoms with Gasteiger partial charge in [-0.1, -0.05) is 0 Å². The molecule has 3 rings (SSSR count). The Labute approximate surface area is 142 Å². The molecule has 5 heteroatoms. The van der Waals surface area contributed by atoms with Gasteiger partial charge < -0.3 is 9.72 Å². The van der Waals surface area contributed by atoms with E-state index in [-0.39, 0.29) is 12.3 Å². The van der Waals surface area contributed by atoms with E-state index in [4.69, 9.17) is 0 Å². The Morgan fingerprint density at radius 1 is 1.27 bits per heavy atom. The van der Waals surface area contributed by atoms with E-state index in [2.05, 4.69) is 32.9 Å². The fourth-order valence-electron chi connectivity index (χ4n) is 2.35. The predicted molar refractivity (Wildman–Crippen MR) is 96.2 cm³/mol. The normalized spacial score (nSPS) is 10.9. The maximum absolute atomic E-state index is 12.2. The number of amides is 1. The summed E-state index contributed by atoms with van der Waals surface area (Å²) >= 11 is 2.26. The summed E-state index contributed by atoms with van der Waals surface area (Å²) in [5.74, 6) is -0.0514. The number of benzene rings is 1. The summed E-state index contributed by atoms with van der Waals surface area (Å²) in [5.41, 5.74) is 4.71. The van der Waals surface area contributed by atoms with E-state index in [1.54, 1.807) is 0 Å². The lowest BCUT2D eigenvalue weighted by atomic mass is 10.2. The molecule has 1 amide bonds. The van der Waals surface area contributed by atoms with Gasteiger partial charge in [0.15, 0.2) is 0 Å². The fourth-order valence-corrected chi connectivity index (χ4v) is 2.99. The number of pyridine rings is 1. The topological polar surface area (TPSA) is 46.4 Å². The molecule has 3 aromatic rings. The van der Waals surface area contributed by atoms with Gasteiger partial charge in [0.05, 0.1) is 12.1 Å². The van der Waals surface area contributed by atoms with Crippen LogP contribution in [0.25, 0.3) is 5.65 Å². The lowest BCUT2D eigenvalue weighted by Gasteiger charge is -2.07. The highest BCUT2D eigenvalue weighted by Gasteiger charge is 2.09. The summed E-state index contributed by atoms with van der Waals surface area (Å²) in [7, 11) is 0. The van der Waals surface area contributed by atoms with Crippen molar-refractivity contribution in [3.63, 3.8) is 0 Å². The molecule has 2 heterocycles. The summed E-state index contributed by atoms with van der Waals surface area (Å²) in [6.45, 7) is 4.02. The molecular formula is C17H16IN3O. The summed E-state index contributed by atoms with van der Waals surface area (Å²) in [6, 6.07) is 9.99. The van der Waals surface area contributed by atoms with Crippen molar-refractivity contribution in [1.29, 1.82) is 0 Å². The zero-order valence-electron chi connectivity index (χ0n) is 12.4. The number of carbonyl (C=O) groups is 1. The van der Waals surface area contributed by atoms with Crippen LogP contribution in [-0.2, 0) is 11.2 Å². The third kappa shape index (κ3) is 3.30. The van der Waals surface area contributed by atoms with Gasteiger partial charge in [-0.2, -0.15) is 0 Å². The first kappa shape index (κ1) is 15.0. The zero-order valence-corrected chi connectivity index (χ0v) is 14.6. The molecular weight excluding hydrogens is 389 g/mol. The van der Waals surface area contributed by atoms with Gasteiger partial charge in [0.2, 0.25) is 5.91 Å². The monoisotopic (exact) mass is 405 g/mol. The van der Waals surface area contributed by atoms with Crippen molar-refractivity contribution in [2.24, 2.45) is 0 Å². The molecule has 0 spiro atoms. The van der Waals surface area contributed by atoms with Crippen LogP contribution < -0.4 is 5.32 Å². The van der Waals surface area contributed by atoms with Crippen LogP contribution in [0.5, 0.6) is 0 Å². The predicted octanol–water partition coefficient (Wildman–Crippen LogP) is 3.74. The minimum Gasteiger partial charge on any atom is -0.326 e. The van der Waals surface area contributed by atoms with Gasteiger partial charge in [-0.25, -0.2) is 4.98 Å². The maximum Gasteiger partial charge on any atom is 0.230 e. The van der Waals surface area contributed by atoms with Crippen molar-refractivity contribution in [3.05, 3.63) is 63.1 Å². The average molecular weight is 405 g/mol. The number of fused-ring (bicyclic) bond motifs is 1. The number of nitrogens with one attached hydrogen (secondary N) is 1. The Hall–Kier alpha value is -1.89. The minimum absolute atomic E-state index is 0.0514. The number of carbonyl (C=O) groups excluding carboxylic acids is 1. The standard InChI is InChI=1S/C17H16IN3O/c1-11-5-6-21-10-14(19-16(21)7-11)9-17(22)20-15-4-3-13(18)8-12(15)2/h3-8,10H,9H2,1-2H3,(H,20,22). The second-order valence-electron chi connectivity index (χ2n) is 5.39. The zero-order chi connectivity index (χ0) is 15.7. The highest BCUT2D eigenvalue weighted by molar-refractivity contribution is 14.1. The van der Waals surface area contributed by atoms with E-state index in [9.17, 15) is 4.79 Å². The maximum atomic E-state index is 12.2. The number of hydrogen-bond donors (Lipinski definition) is 1. The van der Waals surface area contributed by atoms with Crippen LogP contribution in [0.15, 0.2) is 42.7 Å². The largest absolute Gasteiger partial charge is 0.326 e. The van der Waals surface area contributed by atoms with Crippen molar-refractivity contribution in [3.8, 4) is 0 Å². The Kier molecular flexibility index (Phi) is 4.15. The highest BCUT2D eigenvalue weighted by Crippen LogP contribution is 2.18. The molecule has 0 fully saturated rings. The first-order valence-corrected chi connectivity index (χ1v) is 8.09. The number of rotatable bonds is 3. The molecule has 0 aliphatic carbocycles. The first-order valence-electron chi connectivity index (χ1n) is 7.01. The Morgan fingerprint density at radius 2 is 2.09 bits per heavy atom. The second-order valence-corrected chi connectivity index (χ2v) is 6.63. The molecule has 0 aliphatic heterocycles. The van der Waals surface area contributed by atoms with E-state index in [1.165, 1.54) is 0 Å². The Balaban J connectivity index is 1.75. The van der Waals surface area contributed by atoms with E-state index in [1.807, 2.05) is 61.0 Å². The molecule has 1 aromatic carbocycles. The van der Waals surface area contributed by atoms with E-state index < -0.39 is 0 Å². The molecule has 4 nitrogen and oxygen atoms in total. The number of imidazole rings is 1. The number of nitrogens with zero attached hydrogens (tertiary/aromatic N) is 2. The summed E-state index contributed by atoms with van der Waals surface area (Å²) < 4.78 is 3.09. The van der Waals surface area contributed by atoms with Crippen LogP contribution in [0.3, 0.4) is 0 Å². The molecule has 0 aliphatic rings. The lowest BCUT2D eigenvalue weighted by molar-refractivity contribution is -0.115. The van der Waals surface area contributed by atoms with Crippen LogP contribution in [0.2, 0.25) is 0 Å². The molecule has 0 unspecified atom stereocenters. The highest BCUT2D eigenvalue weighted by atomic mass is 127. The van der Waals surface area contributed by atoms with Crippen LogP contribution in [-0.4, -0.2) is 15.3 Å². The van der Waals surface area contributed by atoms with Gasteiger partial charge in [0, 0.05) is 21.7 Å². The van der Waals surface area contributed by atoms with Gasteiger partial charge in [-0.05, 0) is 77.9 Å². The lowest BCUT2D eigenvalue weighted by Crippen LogP contribution is -2.15. The number of hydrogen-bond acceptors (Lipinski definition) is 2. The van der Waals surface area contributed by atoms with E-state index >= 15 is 0 Å². The molecule has 112 valence electrons. The van der Waals surface area contributed by atoms with Gasteiger partial charge in [0.25, 0.3) is 0 Å². The molecule has 1 N–H and O–H groups in total. The number of aryl methyl sites for hydroxylation is 2. The number of aromatic nitrogens is 2. The average Bonchev–Trinajstić information content (AvgIpc) is 2.83. The quantitative estimate of drug-likeness (QED) is 0.675. The molecule has 0 atom stereocenters. The van der Waals surface area contributed by atoms with Crippen molar-refractivity contribution in [2.45, 2.75) is 20.3 Å². The summed E-state index contributed by atoms with van der Waals surface area (Å²) in [6.07, 6.45) is 4.13. The first-order chi connectivity index (χ1) is 10.5. The number of halogens is 1. The molecule has 2 aromatic heterocycles. The second kappa shape index (κ2) is 6.08. The molecule has 0 bridgehead atoms. The Morgan fingerprint density at radius 3 is 2.86 bits per heavy atom. The Bertz CT molecular complexity index is 854. The van der Waals surface area contributed by atoms with Crippen LogP contribution in [0, 0.1) is 17.4 Å². The smallest absolute Gasteiger partial charge is 0.230 e. The van der Waals surface area contributed by atoms with Crippen LogP contribution in [0.4, 0.5) is 5.69 Å². The summed E-state index contributed by atoms with van der Waals surface area (Å²) in [4.78, 5) is 16.7. The van der Waals surface area contributed by atoms with Crippen LogP contribution >= 0.6 is 22.6 Å². The third-order valence-corrected chi connectivity index (χ3v) is 4.14. The molecule has 0 radical (unpaired) electrons. The summed E-state index contributed by atoms with van der Waals surface area (Å²) in [5, 5.41) is 2.95. The molecule has 0 saturated carbocycles. The van der Waals surface area contributed by atoms with Gasteiger partial charge in [-0.15, -0.1) is 0 Å².